The van der Waals surface area contributed by atoms with Gasteiger partial charge in [0.05, 0.1) is 12.3 Å². The summed E-state index contributed by atoms with van der Waals surface area (Å²) in [6.07, 6.45) is 4.48. The molecule has 0 bridgehead atoms. The quantitative estimate of drug-likeness (QED) is 0.691. The summed E-state index contributed by atoms with van der Waals surface area (Å²) < 4.78 is 1.80. The molecule has 2 heteroatoms. The van der Waals surface area contributed by atoms with Crippen LogP contribution < -0.4 is 5.43 Å². The zero-order valence-electron chi connectivity index (χ0n) is 7.60. The van der Waals surface area contributed by atoms with Gasteiger partial charge in [0.15, 0.2) is 5.43 Å². The monoisotopic (exact) mass is 183 g/mol. The molecule has 1 heterocycles. The van der Waals surface area contributed by atoms with Gasteiger partial charge in [-0.25, -0.2) is 0 Å². The van der Waals surface area contributed by atoms with E-state index >= 15 is 0 Å². The van der Waals surface area contributed by atoms with Crippen molar-refractivity contribution in [2.75, 3.05) is 0 Å². The normalized spacial score (nSPS) is 10.0. The van der Waals surface area contributed by atoms with Gasteiger partial charge >= 0.3 is 0 Å². The van der Waals surface area contributed by atoms with Crippen molar-refractivity contribution in [1.29, 1.82) is 0 Å². The first-order valence-corrected chi connectivity index (χ1v) is 4.38. The number of hydrogen-bond acceptors (Lipinski definition) is 1. The van der Waals surface area contributed by atoms with Gasteiger partial charge in [-0.05, 0) is 5.56 Å². The molecule has 1 aromatic heterocycles. The number of nitrogens with zero attached hydrogens (tertiary/aromatic N) is 1. The van der Waals surface area contributed by atoms with Crippen LogP contribution in [0.1, 0.15) is 5.56 Å². The Morgan fingerprint density at radius 2 is 2.00 bits per heavy atom. The highest BCUT2D eigenvalue weighted by molar-refractivity contribution is 5.15. The van der Waals surface area contributed by atoms with E-state index in [0.29, 0.717) is 0 Å². The van der Waals surface area contributed by atoms with E-state index in [9.17, 15) is 4.79 Å². The van der Waals surface area contributed by atoms with E-state index in [1.807, 2.05) is 30.3 Å². The molecule has 2 rings (SSSR count). The first-order chi connectivity index (χ1) is 6.84. The van der Waals surface area contributed by atoms with E-state index in [4.69, 9.17) is 0 Å². The third kappa shape index (κ3) is 2.10. The fourth-order valence-electron chi connectivity index (χ4n) is 1.23. The number of benzene rings is 1. The summed E-state index contributed by atoms with van der Waals surface area (Å²) in [5.74, 6) is 0. The van der Waals surface area contributed by atoms with Crippen LogP contribution in [0, 0.1) is 12.3 Å². The van der Waals surface area contributed by atoms with Crippen molar-refractivity contribution in [3.8, 4) is 0 Å². The van der Waals surface area contributed by atoms with Gasteiger partial charge in [-0.2, -0.15) is 0 Å². The van der Waals surface area contributed by atoms with Crippen LogP contribution in [-0.4, -0.2) is 4.57 Å². The van der Waals surface area contributed by atoms with Gasteiger partial charge in [0.1, 0.15) is 0 Å². The number of pyridine rings is 1. The van der Waals surface area contributed by atoms with Gasteiger partial charge < -0.3 is 4.57 Å². The van der Waals surface area contributed by atoms with Crippen LogP contribution in [0.5, 0.6) is 0 Å². The second-order valence-corrected chi connectivity index (χ2v) is 3.02. The predicted molar refractivity (Wildman–Crippen MR) is 53.9 cm³/mol. The molecule has 2 nitrogen and oxygen atoms in total. The first-order valence-electron chi connectivity index (χ1n) is 4.38. The molecule has 0 aliphatic rings. The highest BCUT2D eigenvalue weighted by atomic mass is 16.1. The molecular weight excluding hydrogens is 174 g/mol. The van der Waals surface area contributed by atoms with Crippen LogP contribution in [0.25, 0.3) is 0 Å². The zero-order chi connectivity index (χ0) is 9.80. The molecule has 0 aliphatic heterocycles. The molecule has 0 atom stereocenters. The maximum atomic E-state index is 10.8. The SMILES string of the molecule is O=c1[c]cn(Cc2ccccc2)[c]c1. The third-order valence-corrected chi connectivity index (χ3v) is 1.92. The molecule has 0 spiro atoms. The van der Waals surface area contributed by atoms with Gasteiger partial charge in [-0.15, -0.1) is 0 Å². The molecular formula is C12H9NO. The zero-order valence-corrected chi connectivity index (χ0v) is 7.60. The Morgan fingerprint density at radius 3 is 2.64 bits per heavy atom. The molecule has 14 heavy (non-hydrogen) atoms. The minimum Gasteiger partial charge on any atom is -0.341 e. The van der Waals surface area contributed by atoms with Gasteiger partial charge in [-0.3, -0.25) is 4.79 Å². The second kappa shape index (κ2) is 3.92. The lowest BCUT2D eigenvalue weighted by atomic mass is 10.2. The lowest BCUT2D eigenvalue weighted by Gasteiger charge is -2.03. The second-order valence-electron chi connectivity index (χ2n) is 3.02. The van der Waals surface area contributed by atoms with E-state index in [0.717, 1.165) is 6.54 Å². The van der Waals surface area contributed by atoms with E-state index in [1.165, 1.54) is 11.6 Å². The number of aromatic nitrogens is 1. The fourth-order valence-corrected chi connectivity index (χ4v) is 1.23. The fraction of sp³-hybridized carbons (Fsp3) is 0.0833. The Bertz CT molecular complexity index is 439. The Labute approximate surface area is 82.4 Å². The van der Waals surface area contributed by atoms with E-state index in [1.54, 1.807) is 10.8 Å². The highest BCUT2D eigenvalue weighted by Gasteiger charge is 1.92. The molecule has 0 unspecified atom stereocenters. The molecule has 0 fully saturated rings. The standard InChI is InChI=1S/C12H9NO/c14-12-6-8-13(9-7-12)10-11-4-2-1-3-5-11/h1-6,9H,10H2. The lowest BCUT2D eigenvalue weighted by Crippen LogP contribution is -2.05. The smallest absolute Gasteiger partial charge is 0.190 e. The van der Waals surface area contributed by atoms with Crippen LogP contribution >= 0.6 is 0 Å². The predicted octanol–water partition coefficient (Wildman–Crippen LogP) is 1.50. The van der Waals surface area contributed by atoms with Gasteiger partial charge in [0.2, 0.25) is 0 Å². The van der Waals surface area contributed by atoms with Crippen molar-refractivity contribution >= 4 is 0 Å². The maximum absolute atomic E-state index is 10.8. The van der Waals surface area contributed by atoms with Crippen molar-refractivity contribution in [3.05, 3.63) is 70.6 Å². The van der Waals surface area contributed by atoms with Crippen molar-refractivity contribution in [3.63, 3.8) is 0 Å². The lowest BCUT2D eigenvalue weighted by molar-refractivity contribution is 0.781. The highest BCUT2D eigenvalue weighted by Crippen LogP contribution is 2.00. The first kappa shape index (κ1) is 8.75. The average Bonchev–Trinajstić information content (AvgIpc) is 2.23. The molecule has 0 saturated carbocycles. The summed E-state index contributed by atoms with van der Waals surface area (Å²) in [6, 6.07) is 14.0. The van der Waals surface area contributed by atoms with Gasteiger partial charge in [-0.1, -0.05) is 30.3 Å². The molecule has 1 aromatic carbocycles. The Kier molecular flexibility index (Phi) is 2.45. The third-order valence-electron chi connectivity index (χ3n) is 1.92. The van der Waals surface area contributed by atoms with Gasteiger partial charge in [0.25, 0.3) is 0 Å². The Balaban J connectivity index is 2.19. The van der Waals surface area contributed by atoms with E-state index < -0.39 is 0 Å². The van der Waals surface area contributed by atoms with E-state index in [2.05, 4.69) is 12.3 Å². The molecule has 0 aliphatic carbocycles. The summed E-state index contributed by atoms with van der Waals surface area (Å²) in [4.78, 5) is 10.8. The summed E-state index contributed by atoms with van der Waals surface area (Å²) in [6.45, 7) is 0.720. The van der Waals surface area contributed by atoms with Crippen LogP contribution in [0.3, 0.4) is 0 Å². The minimum atomic E-state index is -0.130. The molecule has 2 aromatic rings. The Morgan fingerprint density at radius 1 is 1.21 bits per heavy atom. The molecule has 2 radical (unpaired) electrons. The summed E-state index contributed by atoms with van der Waals surface area (Å²) in [7, 11) is 0. The van der Waals surface area contributed by atoms with Crippen molar-refractivity contribution in [2.45, 2.75) is 6.54 Å². The summed E-state index contributed by atoms with van der Waals surface area (Å²) >= 11 is 0. The average molecular weight is 183 g/mol. The van der Waals surface area contributed by atoms with Crippen LogP contribution in [-0.2, 0) is 6.54 Å². The number of rotatable bonds is 2. The van der Waals surface area contributed by atoms with Crippen molar-refractivity contribution in [2.24, 2.45) is 0 Å². The van der Waals surface area contributed by atoms with Crippen LogP contribution in [0.15, 0.2) is 47.4 Å². The van der Waals surface area contributed by atoms with Crippen molar-refractivity contribution < 1.29 is 0 Å². The largest absolute Gasteiger partial charge is 0.341 e. The Hall–Kier alpha value is -1.83. The molecule has 0 amide bonds. The van der Waals surface area contributed by atoms with Crippen LogP contribution in [0.2, 0.25) is 0 Å². The summed E-state index contributed by atoms with van der Waals surface area (Å²) in [5.41, 5.74) is 1.05. The van der Waals surface area contributed by atoms with Crippen LogP contribution in [0.4, 0.5) is 0 Å². The molecule has 68 valence electrons. The molecule has 0 N–H and O–H groups in total. The van der Waals surface area contributed by atoms with Gasteiger partial charge in [0, 0.05) is 18.8 Å². The maximum Gasteiger partial charge on any atom is 0.190 e. The number of hydrogen-bond donors (Lipinski definition) is 0. The topological polar surface area (TPSA) is 22.0 Å². The van der Waals surface area contributed by atoms with Crippen molar-refractivity contribution in [1.82, 2.24) is 4.57 Å². The van der Waals surface area contributed by atoms with E-state index in [-0.39, 0.29) is 5.43 Å². The minimum absolute atomic E-state index is 0.130. The molecule has 0 saturated heterocycles. The summed E-state index contributed by atoms with van der Waals surface area (Å²) in [5, 5.41) is 0.